The van der Waals surface area contributed by atoms with Crippen molar-refractivity contribution in [3.63, 3.8) is 0 Å². The first-order valence-electron chi connectivity index (χ1n) is 8.78. The number of rotatable bonds is 6. The molecule has 0 aliphatic carbocycles. The van der Waals surface area contributed by atoms with Crippen molar-refractivity contribution in [3.05, 3.63) is 40.0 Å². The van der Waals surface area contributed by atoms with E-state index in [0.717, 1.165) is 31.8 Å². The summed E-state index contributed by atoms with van der Waals surface area (Å²) in [6.07, 6.45) is 2.10. The van der Waals surface area contributed by atoms with Gasteiger partial charge in [0.2, 0.25) is 5.76 Å². The summed E-state index contributed by atoms with van der Waals surface area (Å²) in [4.78, 5) is 24.3. The topological polar surface area (TPSA) is 91.3 Å². The van der Waals surface area contributed by atoms with Crippen molar-refractivity contribution in [1.82, 2.24) is 19.7 Å². The lowest BCUT2D eigenvalue weighted by Gasteiger charge is -2.21. The van der Waals surface area contributed by atoms with Gasteiger partial charge in [0.05, 0.1) is 6.61 Å². The summed E-state index contributed by atoms with van der Waals surface area (Å²) < 4.78 is 13.5. The van der Waals surface area contributed by atoms with Crippen LogP contribution in [0.25, 0.3) is 0 Å². The van der Waals surface area contributed by atoms with Crippen LogP contribution in [0.4, 0.5) is 0 Å². The maximum atomic E-state index is 12.6. The van der Waals surface area contributed by atoms with Crippen molar-refractivity contribution in [2.75, 3.05) is 19.7 Å². The predicted molar refractivity (Wildman–Crippen MR) is 98.0 cm³/mol. The molecule has 1 N–H and O–H groups in total. The zero-order valence-corrected chi connectivity index (χ0v) is 15.9. The van der Waals surface area contributed by atoms with Crippen LogP contribution in [-0.2, 0) is 17.8 Å². The highest BCUT2D eigenvalue weighted by atomic mass is 35.5. The normalized spacial score (nSPS) is 16.9. The van der Waals surface area contributed by atoms with Crippen LogP contribution in [0.3, 0.4) is 0 Å². The molecule has 3 rings (SSSR count). The molecule has 144 valence electrons. The summed E-state index contributed by atoms with van der Waals surface area (Å²) in [5.74, 6) is 1.19. The number of carbonyl (C=O) groups excluding carboxylic acids is 1. The number of nitrogens with zero attached hydrogens (tertiary/aromatic N) is 3. The van der Waals surface area contributed by atoms with E-state index >= 15 is 0 Å². The Morgan fingerprint density at radius 1 is 1.42 bits per heavy atom. The number of hydrogen-bond acceptors (Lipinski definition) is 6. The minimum Gasteiger partial charge on any atom is -0.460 e. The molecule has 8 nitrogen and oxygen atoms in total. The molecule has 1 atom stereocenters. The molecule has 2 aromatic rings. The van der Waals surface area contributed by atoms with E-state index in [0.29, 0.717) is 12.3 Å². The Kier molecular flexibility index (Phi) is 7.05. The fourth-order valence-corrected chi connectivity index (χ4v) is 3.15. The molecule has 0 bridgehead atoms. The van der Waals surface area contributed by atoms with Gasteiger partial charge in [0.1, 0.15) is 18.1 Å². The van der Waals surface area contributed by atoms with Gasteiger partial charge in [-0.1, -0.05) is 0 Å². The van der Waals surface area contributed by atoms with Crippen LogP contribution < -0.4 is 11.0 Å². The predicted octanol–water partition coefficient (Wildman–Crippen LogP) is 1.77. The van der Waals surface area contributed by atoms with Gasteiger partial charge in [-0.15, -0.1) is 12.4 Å². The highest BCUT2D eigenvalue weighted by Crippen LogP contribution is 2.21. The Labute approximate surface area is 157 Å². The van der Waals surface area contributed by atoms with E-state index in [2.05, 4.69) is 10.4 Å². The van der Waals surface area contributed by atoms with Crippen molar-refractivity contribution in [2.24, 2.45) is 0 Å². The average molecular weight is 385 g/mol. The second-order valence-electron chi connectivity index (χ2n) is 6.07. The van der Waals surface area contributed by atoms with Crippen molar-refractivity contribution >= 4 is 18.4 Å². The number of esters is 1. The Morgan fingerprint density at radius 2 is 2.23 bits per heavy atom. The number of aromatic nitrogens is 3. The molecule has 1 aliphatic rings. The molecule has 0 spiro atoms. The SMILES string of the molecule is CCOC(=O)c1ccc(Cn2nc(C3CCCNC3)n(CC)c2=O)o1.Cl. The van der Waals surface area contributed by atoms with Gasteiger partial charge >= 0.3 is 11.7 Å². The number of hydrogen-bond donors (Lipinski definition) is 1. The highest BCUT2D eigenvalue weighted by Gasteiger charge is 2.24. The summed E-state index contributed by atoms with van der Waals surface area (Å²) in [5, 5.41) is 7.90. The molecule has 1 unspecified atom stereocenters. The van der Waals surface area contributed by atoms with Crippen LogP contribution in [0.1, 0.15) is 54.7 Å². The standard InChI is InChI=1S/C17H24N4O4.ClH/c1-3-20-15(12-6-5-9-18-10-12)19-21(17(20)23)11-13-7-8-14(25-13)16(22)24-4-2;/h7-8,12,18H,3-6,9-11H2,1-2H3;1H. The van der Waals surface area contributed by atoms with Crippen molar-refractivity contribution < 1.29 is 13.9 Å². The zero-order valence-electron chi connectivity index (χ0n) is 15.1. The molecule has 3 heterocycles. The smallest absolute Gasteiger partial charge is 0.374 e. The first-order chi connectivity index (χ1) is 12.1. The molecular formula is C17H25ClN4O4. The fraction of sp³-hybridized carbons (Fsp3) is 0.588. The molecule has 2 aromatic heterocycles. The van der Waals surface area contributed by atoms with Crippen LogP contribution in [-0.4, -0.2) is 40.0 Å². The van der Waals surface area contributed by atoms with Gasteiger partial charge in [-0.2, -0.15) is 5.10 Å². The van der Waals surface area contributed by atoms with Crippen molar-refractivity contribution in [3.8, 4) is 0 Å². The number of piperidine rings is 1. The van der Waals surface area contributed by atoms with Crippen molar-refractivity contribution in [1.29, 1.82) is 0 Å². The number of carbonyl (C=O) groups is 1. The molecule has 0 radical (unpaired) electrons. The van der Waals surface area contributed by atoms with Gasteiger partial charge in [0.15, 0.2) is 0 Å². The molecular weight excluding hydrogens is 360 g/mol. The lowest BCUT2D eigenvalue weighted by Crippen LogP contribution is -2.31. The summed E-state index contributed by atoms with van der Waals surface area (Å²) in [7, 11) is 0. The molecule has 1 saturated heterocycles. The molecule has 26 heavy (non-hydrogen) atoms. The lowest BCUT2D eigenvalue weighted by atomic mass is 9.99. The summed E-state index contributed by atoms with van der Waals surface area (Å²) >= 11 is 0. The monoisotopic (exact) mass is 384 g/mol. The maximum absolute atomic E-state index is 12.6. The van der Waals surface area contributed by atoms with Gasteiger partial charge in [-0.05, 0) is 45.4 Å². The Morgan fingerprint density at radius 3 is 2.88 bits per heavy atom. The molecule has 9 heteroatoms. The molecule has 0 amide bonds. The Bertz CT molecular complexity index is 789. The van der Waals surface area contributed by atoms with Crippen LogP contribution in [0.15, 0.2) is 21.3 Å². The number of furan rings is 1. The largest absolute Gasteiger partial charge is 0.460 e. The summed E-state index contributed by atoms with van der Waals surface area (Å²) in [6.45, 7) is 6.59. The van der Waals surface area contributed by atoms with E-state index in [1.807, 2.05) is 6.92 Å². The molecule has 0 saturated carbocycles. The third-order valence-corrected chi connectivity index (χ3v) is 4.37. The Hall–Kier alpha value is -2.06. The third-order valence-electron chi connectivity index (χ3n) is 4.37. The first-order valence-corrected chi connectivity index (χ1v) is 8.78. The zero-order chi connectivity index (χ0) is 17.8. The number of halogens is 1. The molecule has 1 fully saturated rings. The maximum Gasteiger partial charge on any atom is 0.374 e. The second-order valence-corrected chi connectivity index (χ2v) is 6.07. The summed E-state index contributed by atoms with van der Waals surface area (Å²) in [6, 6.07) is 3.23. The van der Waals surface area contributed by atoms with E-state index in [1.54, 1.807) is 23.6 Å². The Balaban J connectivity index is 0.00000243. The molecule has 0 aromatic carbocycles. The minimum absolute atomic E-state index is 0. The number of ether oxygens (including phenoxy) is 1. The summed E-state index contributed by atoms with van der Waals surface area (Å²) in [5.41, 5.74) is -0.155. The van der Waals surface area contributed by atoms with E-state index in [1.165, 1.54) is 4.68 Å². The second kappa shape index (κ2) is 9.05. The van der Waals surface area contributed by atoms with E-state index < -0.39 is 5.97 Å². The van der Waals surface area contributed by atoms with E-state index in [9.17, 15) is 9.59 Å². The quantitative estimate of drug-likeness (QED) is 0.763. The molecule has 1 aliphatic heterocycles. The lowest BCUT2D eigenvalue weighted by molar-refractivity contribution is 0.0487. The fourth-order valence-electron chi connectivity index (χ4n) is 3.15. The average Bonchev–Trinajstić information content (AvgIpc) is 3.21. The van der Waals surface area contributed by atoms with Crippen LogP contribution in [0.2, 0.25) is 0 Å². The third kappa shape index (κ3) is 4.19. The van der Waals surface area contributed by atoms with E-state index in [4.69, 9.17) is 9.15 Å². The van der Waals surface area contributed by atoms with Crippen LogP contribution in [0.5, 0.6) is 0 Å². The van der Waals surface area contributed by atoms with Gasteiger partial charge in [-0.25, -0.2) is 14.3 Å². The van der Waals surface area contributed by atoms with E-state index in [-0.39, 0.29) is 42.9 Å². The van der Waals surface area contributed by atoms with Gasteiger partial charge in [0, 0.05) is 19.0 Å². The van der Waals surface area contributed by atoms with Gasteiger partial charge < -0.3 is 14.5 Å². The highest BCUT2D eigenvalue weighted by molar-refractivity contribution is 5.86. The minimum atomic E-state index is -0.505. The van der Waals surface area contributed by atoms with Gasteiger partial charge in [0.25, 0.3) is 0 Å². The van der Waals surface area contributed by atoms with Gasteiger partial charge in [-0.3, -0.25) is 4.57 Å². The first kappa shape index (κ1) is 20.3. The van der Waals surface area contributed by atoms with Crippen molar-refractivity contribution in [2.45, 2.75) is 45.7 Å². The number of nitrogens with one attached hydrogen (secondary N) is 1. The van der Waals surface area contributed by atoms with Crippen LogP contribution >= 0.6 is 12.4 Å². The van der Waals surface area contributed by atoms with Crippen LogP contribution in [0, 0.1) is 0 Å².